The minimum Gasteiger partial charge on any atom is -0.292 e. The molecule has 2 fully saturated rings. The molecule has 0 bridgehead atoms. The van der Waals surface area contributed by atoms with Gasteiger partial charge in [0.1, 0.15) is 0 Å². The molecule has 0 aromatic rings. The Hall–Kier alpha value is -0.390. The quantitative estimate of drug-likeness (QED) is 0.707. The standard InChI is InChI=1S/C16H30N2O2S/c1-7-8-9-21(19,20)17(6)12-16-10-13(2)18(14(16)11-16)15(3,4)5/h7,13-14H,1,8-12H2,2-6H3/t13?,14-,16+/m1/s1. The molecule has 1 aliphatic carbocycles. The summed E-state index contributed by atoms with van der Waals surface area (Å²) in [7, 11) is -1.42. The summed E-state index contributed by atoms with van der Waals surface area (Å²) in [5.74, 6) is 0.173. The van der Waals surface area contributed by atoms with Crippen molar-refractivity contribution >= 4 is 10.0 Å². The molecule has 0 spiro atoms. The lowest BCUT2D eigenvalue weighted by molar-refractivity contribution is 0.104. The van der Waals surface area contributed by atoms with Gasteiger partial charge in [-0.2, -0.15) is 0 Å². The monoisotopic (exact) mass is 314 g/mol. The summed E-state index contributed by atoms with van der Waals surface area (Å²) in [6, 6.07) is 1.08. The molecule has 21 heavy (non-hydrogen) atoms. The third-order valence-electron chi connectivity index (χ3n) is 5.03. The van der Waals surface area contributed by atoms with E-state index in [0.29, 0.717) is 25.0 Å². The van der Waals surface area contributed by atoms with Gasteiger partial charge in [-0.05, 0) is 47.0 Å². The summed E-state index contributed by atoms with van der Waals surface area (Å²) < 4.78 is 26.1. The van der Waals surface area contributed by atoms with Crippen LogP contribution in [0.25, 0.3) is 0 Å². The largest absolute Gasteiger partial charge is 0.292 e. The van der Waals surface area contributed by atoms with E-state index in [1.807, 2.05) is 0 Å². The highest BCUT2D eigenvalue weighted by atomic mass is 32.2. The molecule has 0 radical (unpaired) electrons. The van der Waals surface area contributed by atoms with Crippen LogP contribution in [0.3, 0.4) is 0 Å². The summed E-state index contributed by atoms with van der Waals surface area (Å²) in [4.78, 5) is 2.58. The number of likely N-dealkylation sites (tertiary alicyclic amines) is 1. The molecule has 122 valence electrons. The highest BCUT2D eigenvalue weighted by Gasteiger charge is 2.65. The number of nitrogens with zero attached hydrogens (tertiary/aromatic N) is 2. The molecular formula is C16H30N2O2S. The molecule has 0 aromatic carbocycles. The van der Waals surface area contributed by atoms with E-state index in [2.05, 4.69) is 39.2 Å². The molecule has 3 atom stereocenters. The van der Waals surface area contributed by atoms with E-state index in [9.17, 15) is 8.42 Å². The lowest BCUT2D eigenvalue weighted by Crippen LogP contribution is -2.45. The van der Waals surface area contributed by atoms with E-state index in [1.165, 1.54) is 0 Å². The van der Waals surface area contributed by atoms with Crippen LogP contribution in [0.1, 0.15) is 47.0 Å². The van der Waals surface area contributed by atoms with Gasteiger partial charge in [-0.15, -0.1) is 6.58 Å². The number of rotatable bonds is 6. The van der Waals surface area contributed by atoms with Gasteiger partial charge in [-0.25, -0.2) is 12.7 Å². The van der Waals surface area contributed by atoms with Gasteiger partial charge >= 0.3 is 0 Å². The van der Waals surface area contributed by atoms with Gasteiger partial charge in [-0.1, -0.05) is 6.08 Å². The Bertz CT molecular complexity index is 509. The third-order valence-corrected chi connectivity index (χ3v) is 6.86. The third kappa shape index (κ3) is 3.20. The van der Waals surface area contributed by atoms with E-state index in [1.54, 1.807) is 17.4 Å². The Morgan fingerprint density at radius 2 is 2.00 bits per heavy atom. The maximum absolute atomic E-state index is 12.3. The fraction of sp³-hybridized carbons (Fsp3) is 0.875. The average molecular weight is 314 g/mol. The topological polar surface area (TPSA) is 40.6 Å². The maximum Gasteiger partial charge on any atom is 0.214 e. The normalized spacial score (nSPS) is 33.2. The molecular weight excluding hydrogens is 284 g/mol. The number of allylic oxidation sites excluding steroid dienone is 1. The first kappa shape index (κ1) is 17.0. The van der Waals surface area contributed by atoms with Crippen LogP contribution in [-0.2, 0) is 10.0 Å². The zero-order chi connectivity index (χ0) is 16.1. The van der Waals surface area contributed by atoms with Gasteiger partial charge in [0.15, 0.2) is 0 Å². The van der Waals surface area contributed by atoms with Crippen LogP contribution in [0.4, 0.5) is 0 Å². The van der Waals surface area contributed by atoms with Crippen molar-refractivity contribution in [2.24, 2.45) is 5.41 Å². The Balaban J connectivity index is 2.04. The number of sulfonamides is 1. The molecule has 1 saturated heterocycles. The van der Waals surface area contributed by atoms with Crippen molar-refractivity contribution < 1.29 is 8.42 Å². The highest BCUT2D eigenvalue weighted by molar-refractivity contribution is 7.89. The van der Waals surface area contributed by atoms with Gasteiger partial charge in [0.25, 0.3) is 0 Å². The Labute approximate surface area is 130 Å². The van der Waals surface area contributed by atoms with Crippen molar-refractivity contribution in [2.75, 3.05) is 19.3 Å². The first-order chi connectivity index (χ1) is 9.53. The first-order valence-corrected chi connectivity index (χ1v) is 9.48. The Kier molecular flexibility index (Phi) is 4.33. The summed E-state index contributed by atoms with van der Waals surface area (Å²) in [5, 5.41) is 0. The van der Waals surface area contributed by atoms with E-state index >= 15 is 0 Å². The predicted octanol–water partition coefficient (Wildman–Crippen LogP) is 2.48. The van der Waals surface area contributed by atoms with Crippen molar-refractivity contribution in [2.45, 2.75) is 64.6 Å². The summed E-state index contributed by atoms with van der Waals surface area (Å²) >= 11 is 0. The van der Waals surface area contributed by atoms with E-state index < -0.39 is 10.0 Å². The second kappa shape index (κ2) is 5.36. The van der Waals surface area contributed by atoms with Crippen molar-refractivity contribution in [3.63, 3.8) is 0 Å². The molecule has 0 amide bonds. The zero-order valence-corrected chi connectivity index (χ0v) is 14.9. The lowest BCUT2D eigenvalue weighted by Gasteiger charge is -2.37. The fourth-order valence-corrected chi connectivity index (χ4v) is 5.46. The average Bonchev–Trinajstić information content (AvgIpc) is 2.89. The number of hydrogen-bond donors (Lipinski definition) is 0. The van der Waals surface area contributed by atoms with Gasteiger partial charge in [0, 0.05) is 36.6 Å². The SMILES string of the molecule is C=CCCS(=O)(=O)N(C)C[C@@]12CC(C)N(C(C)(C)C)[C@@H]1C2. The summed E-state index contributed by atoms with van der Waals surface area (Å²) in [6.07, 6.45) is 4.43. The minimum atomic E-state index is -3.15. The number of piperidine rings is 1. The summed E-state index contributed by atoms with van der Waals surface area (Å²) in [6.45, 7) is 13.3. The van der Waals surface area contributed by atoms with Crippen LogP contribution in [0.2, 0.25) is 0 Å². The zero-order valence-electron chi connectivity index (χ0n) is 14.1. The van der Waals surface area contributed by atoms with Crippen LogP contribution >= 0.6 is 0 Å². The van der Waals surface area contributed by atoms with Gasteiger partial charge < -0.3 is 0 Å². The van der Waals surface area contributed by atoms with E-state index in [4.69, 9.17) is 0 Å². The van der Waals surface area contributed by atoms with E-state index in [-0.39, 0.29) is 16.7 Å². The van der Waals surface area contributed by atoms with Crippen LogP contribution in [0.5, 0.6) is 0 Å². The fourth-order valence-electron chi connectivity index (χ4n) is 4.23. The molecule has 5 heteroatoms. The van der Waals surface area contributed by atoms with Crippen LogP contribution in [0, 0.1) is 5.41 Å². The Morgan fingerprint density at radius 3 is 2.48 bits per heavy atom. The van der Waals surface area contributed by atoms with Crippen LogP contribution < -0.4 is 0 Å². The molecule has 2 aliphatic rings. The van der Waals surface area contributed by atoms with Crippen LogP contribution in [0.15, 0.2) is 12.7 Å². The number of hydrogen-bond acceptors (Lipinski definition) is 3. The molecule has 2 rings (SSSR count). The first-order valence-electron chi connectivity index (χ1n) is 7.87. The van der Waals surface area contributed by atoms with Crippen molar-refractivity contribution in [1.29, 1.82) is 0 Å². The molecule has 1 heterocycles. The maximum atomic E-state index is 12.3. The van der Waals surface area contributed by atoms with Gasteiger partial charge in [0.05, 0.1) is 5.75 Å². The minimum absolute atomic E-state index is 0.155. The number of fused-ring (bicyclic) bond motifs is 1. The highest BCUT2D eigenvalue weighted by Crippen LogP contribution is 2.61. The second-order valence-electron chi connectivity index (χ2n) is 7.86. The van der Waals surface area contributed by atoms with E-state index in [0.717, 1.165) is 12.8 Å². The van der Waals surface area contributed by atoms with Crippen LogP contribution in [-0.4, -0.2) is 54.6 Å². The van der Waals surface area contributed by atoms with Crippen molar-refractivity contribution in [1.82, 2.24) is 9.21 Å². The summed E-state index contributed by atoms with van der Waals surface area (Å²) in [5.41, 5.74) is 0.339. The molecule has 1 saturated carbocycles. The molecule has 1 aliphatic heterocycles. The lowest BCUT2D eigenvalue weighted by atomic mass is 9.99. The molecule has 1 unspecified atom stereocenters. The smallest absolute Gasteiger partial charge is 0.214 e. The molecule has 4 nitrogen and oxygen atoms in total. The van der Waals surface area contributed by atoms with Gasteiger partial charge in [-0.3, -0.25) is 4.90 Å². The Morgan fingerprint density at radius 1 is 1.38 bits per heavy atom. The van der Waals surface area contributed by atoms with Crippen molar-refractivity contribution in [3.05, 3.63) is 12.7 Å². The predicted molar refractivity (Wildman–Crippen MR) is 87.7 cm³/mol. The second-order valence-corrected chi connectivity index (χ2v) is 10.1. The van der Waals surface area contributed by atoms with Gasteiger partial charge in [0.2, 0.25) is 10.0 Å². The molecule has 0 aromatic heterocycles. The van der Waals surface area contributed by atoms with Crippen molar-refractivity contribution in [3.8, 4) is 0 Å². The molecule has 0 N–H and O–H groups in total.